The summed E-state index contributed by atoms with van der Waals surface area (Å²) >= 11 is 0. The number of hydrogen-bond acceptors (Lipinski definition) is 6. The molecule has 0 aliphatic heterocycles. The molecule has 0 aliphatic carbocycles. The van der Waals surface area contributed by atoms with Crippen LogP contribution < -0.4 is 10.6 Å². The van der Waals surface area contributed by atoms with Crippen LogP contribution in [0.2, 0.25) is 0 Å². The third-order valence-corrected chi connectivity index (χ3v) is 2.98. The molecule has 3 aromatic rings. The van der Waals surface area contributed by atoms with Gasteiger partial charge in [0.15, 0.2) is 0 Å². The van der Waals surface area contributed by atoms with Gasteiger partial charge in [-0.15, -0.1) is 0 Å². The summed E-state index contributed by atoms with van der Waals surface area (Å²) in [6, 6.07) is 8.88. The van der Waals surface area contributed by atoms with Gasteiger partial charge in [-0.3, -0.25) is 14.8 Å². The van der Waals surface area contributed by atoms with E-state index in [-0.39, 0.29) is 5.91 Å². The summed E-state index contributed by atoms with van der Waals surface area (Å²) in [5, 5.41) is 5.81. The predicted molar refractivity (Wildman–Crippen MR) is 85.0 cm³/mol. The number of amides is 1. The molecule has 23 heavy (non-hydrogen) atoms. The third kappa shape index (κ3) is 4.07. The van der Waals surface area contributed by atoms with Crippen molar-refractivity contribution in [2.24, 2.45) is 0 Å². The largest absolute Gasteiger partial charge is 0.347 e. The van der Waals surface area contributed by atoms with Crippen LogP contribution in [-0.4, -0.2) is 25.8 Å². The van der Waals surface area contributed by atoms with E-state index in [0.717, 1.165) is 5.56 Å². The molecule has 0 unspecified atom stereocenters. The van der Waals surface area contributed by atoms with Crippen molar-refractivity contribution >= 4 is 17.5 Å². The molecule has 7 nitrogen and oxygen atoms in total. The number of carbonyl (C=O) groups is 1. The Morgan fingerprint density at radius 3 is 2.65 bits per heavy atom. The van der Waals surface area contributed by atoms with Crippen LogP contribution in [0.4, 0.5) is 11.6 Å². The molecule has 0 aromatic carbocycles. The van der Waals surface area contributed by atoms with E-state index in [4.69, 9.17) is 0 Å². The fraction of sp³-hybridized carbons (Fsp3) is 0.0625. The molecule has 0 saturated heterocycles. The lowest BCUT2D eigenvalue weighted by Crippen LogP contribution is -2.24. The minimum Gasteiger partial charge on any atom is -0.347 e. The standard InChI is InChI=1S/C16H14N6O/c23-16(20-10-12-3-2-6-17-9-12)13-4-1-5-14(21-13)22-15-11-18-7-8-19-15/h1-9,11H,10H2,(H,20,23)(H,19,21,22). The Morgan fingerprint density at radius 2 is 1.87 bits per heavy atom. The maximum Gasteiger partial charge on any atom is 0.270 e. The summed E-state index contributed by atoms with van der Waals surface area (Å²) in [6.45, 7) is 0.399. The molecule has 3 aromatic heterocycles. The molecule has 0 bridgehead atoms. The number of anilines is 2. The maximum absolute atomic E-state index is 12.2. The molecule has 1 amide bonds. The Morgan fingerprint density at radius 1 is 0.957 bits per heavy atom. The van der Waals surface area contributed by atoms with Crippen molar-refractivity contribution in [2.75, 3.05) is 5.32 Å². The fourth-order valence-corrected chi connectivity index (χ4v) is 1.90. The van der Waals surface area contributed by atoms with Gasteiger partial charge < -0.3 is 10.6 Å². The summed E-state index contributed by atoms with van der Waals surface area (Å²) in [5.41, 5.74) is 1.25. The number of hydrogen-bond donors (Lipinski definition) is 2. The van der Waals surface area contributed by atoms with E-state index in [9.17, 15) is 4.79 Å². The van der Waals surface area contributed by atoms with Crippen LogP contribution in [0.3, 0.4) is 0 Å². The number of pyridine rings is 2. The van der Waals surface area contributed by atoms with Gasteiger partial charge in [0.05, 0.1) is 6.20 Å². The van der Waals surface area contributed by atoms with Crippen LogP contribution in [0.1, 0.15) is 16.1 Å². The van der Waals surface area contributed by atoms with E-state index in [2.05, 4.69) is 30.6 Å². The zero-order valence-corrected chi connectivity index (χ0v) is 12.2. The molecule has 0 radical (unpaired) electrons. The first kappa shape index (κ1) is 14.6. The second kappa shape index (κ2) is 7.08. The third-order valence-electron chi connectivity index (χ3n) is 2.98. The number of rotatable bonds is 5. The first-order valence-corrected chi connectivity index (χ1v) is 6.98. The zero-order chi connectivity index (χ0) is 15.9. The monoisotopic (exact) mass is 306 g/mol. The van der Waals surface area contributed by atoms with Gasteiger partial charge in [0.1, 0.15) is 17.3 Å². The van der Waals surface area contributed by atoms with Gasteiger partial charge in [-0.05, 0) is 23.8 Å². The normalized spacial score (nSPS) is 10.1. The van der Waals surface area contributed by atoms with E-state index in [1.165, 1.54) is 0 Å². The summed E-state index contributed by atoms with van der Waals surface area (Å²) < 4.78 is 0. The van der Waals surface area contributed by atoms with E-state index < -0.39 is 0 Å². The highest BCUT2D eigenvalue weighted by atomic mass is 16.1. The second-order valence-electron chi connectivity index (χ2n) is 4.67. The minimum atomic E-state index is -0.253. The minimum absolute atomic E-state index is 0.253. The number of aromatic nitrogens is 4. The van der Waals surface area contributed by atoms with Crippen LogP contribution in [-0.2, 0) is 6.54 Å². The van der Waals surface area contributed by atoms with Crippen LogP contribution in [0, 0.1) is 0 Å². The van der Waals surface area contributed by atoms with E-state index in [1.807, 2.05) is 12.1 Å². The summed E-state index contributed by atoms with van der Waals surface area (Å²) in [6.07, 6.45) is 8.14. The molecular weight excluding hydrogens is 292 g/mol. The van der Waals surface area contributed by atoms with Crippen LogP contribution in [0.25, 0.3) is 0 Å². The SMILES string of the molecule is O=C(NCc1cccnc1)c1cccc(Nc2cnccn2)n1. The van der Waals surface area contributed by atoms with Crippen molar-refractivity contribution < 1.29 is 4.79 Å². The molecule has 0 saturated carbocycles. The summed E-state index contributed by atoms with van der Waals surface area (Å²) in [5.74, 6) is 0.837. The summed E-state index contributed by atoms with van der Waals surface area (Å²) in [7, 11) is 0. The van der Waals surface area contributed by atoms with E-state index >= 15 is 0 Å². The fourth-order valence-electron chi connectivity index (χ4n) is 1.90. The highest BCUT2D eigenvalue weighted by Gasteiger charge is 2.08. The van der Waals surface area contributed by atoms with Gasteiger partial charge in [-0.2, -0.15) is 0 Å². The van der Waals surface area contributed by atoms with Crippen molar-refractivity contribution in [3.05, 3.63) is 72.6 Å². The van der Waals surface area contributed by atoms with Crippen molar-refractivity contribution in [2.45, 2.75) is 6.54 Å². The Balaban J connectivity index is 1.65. The van der Waals surface area contributed by atoms with Gasteiger partial charge in [0.25, 0.3) is 5.91 Å². The molecular formula is C16H14N6O. The van der Waals surface area contributed by atoms with Crippen LogP contribution >= 0.6 is 0 Å². The van der Waals surface area contributed by atoms with Gasteiger partial charge in [0.2, 0.25) is 0 Å². The average molecular weight is 306 g/mol. The molecule has 0 spiro atoms. The maximum atomic E-state index is 12.2. The Labute approximate surface area is 132 Å². The summed E-state index contributed by atoms with van der Waals surface area (Å²) in [4.78, 5) is 28.5. The first-order valence-electron chi connectivity index (χ1n) is 6.98. The van der Waals surface area contributed by atoms with Gasteiger partial charge in [-0.25, -0.2) is 9.97 Å². The van der Waals surface area contributed by atoms with Crippen molar-refractivity contribution in [1.82, 2.24) is 25.3 Å². The first-order chi connectivity index (χ1) is 11.3. The van der Waals surface area contributed by atoms with Gasteiger partial charge >= 0.3 is 0 Å². The highest BCUT2D eigenvalue weighted by Crippen LogP contribution is 2.11. The lowest BCUT2D eigenvalue weighted by molar-refractivity contribution is 0.0946. The van der Waals surface area contributed by atoms with Crippen molar-refractivity contribution in [3.8, 4) is 0 Å². The molecule has 0 aliphatic rings. The molecule has 3 rings (SSSR count). The quantitative estimate of drug-likeness (QED) is 0.748. The Kier molecular flexibility index (Phi) is 4.49. The Hall–Kier alpha value is -3.35. The van der Waals surface area contributed by atoms with E-state index in [0.29, 0.717) is 23.9 Å². The molecule has 2 N–H and O–H groups in total. The Bertz CT molecular complexity index is 779. The molecule has 7 heteroatoms. The average Bonchev–Trinajstić information content (AvgIpc) is 2.62. The number of nitrogens with one attached hydrogen (secondary N) is 2. The molecule has 0 fully saturated rings. The van der Waals surface area contributed by atoms with Gasteiger partial charge in [-0.1, -0.05) is 12.1 Å². The van der Waals surface area contributed by atoms with Crippen molar-refractivity contribution in [1.29, 1.82) is 0 Å². The zero-order valence-electron chi connectivity index (χ0n) is 12.2. The van der Waals surface area contributed by atoms with Crippen molar-refractivity contribution in [3.63, 3.8) is 0 Å². The number of nitrogens with zero attached hydrogens (tertiary/aromatic N) is 4. The smallest absolute Gasteiger partial charge is 0.270 e. The van der Waals surface area contributed by atoms with Gasteiger partial charge in [0, 0.05) is 31.3 Å². The van der Waals surface area contributed by atoms with Crippen LogP contribution in [0.5, 0.6) is 0 Å². The lowest BCUT2D eigenvalue weighted by atomic mass is 10.2. The molecule has 0 atom stereocenters. The molecule has 114 valence electrons. The topological polar surface area (TPSA) is 92.7 Å². The second-order valence-corrected chi connectivity index (χ2v) is 4.67. The molecule has 3 heterocycles. The lowest BCUT2D eigenvalue weighted by Gasteiger charge is -2.07. The number of carbonyl (C=O) groups excluding carboxylic acids is 1. The highest BCUT2D eigenvalue weighted by molar-refractivity contribution is 5.92. The predicted octanol–water partition coefficient (Wildman–Crippen LogP) is 1.94. The van der Waals surface area contributed by atoms with Crippen LogP contribution in [0.15, 0.2) is 61.3 Å². The van der Waals surface area contributed by atoms with E-state index in [1.54, 1.807) is 49.2 Å².